The van der Waals surface area contributed by atoms with Crippen LogP contribution >= 0.6 is 0 Å². The second-order valence-electron chi connectivity index (χ2n) is 5.52. The van der Waals surface area contributed by atoms with E-state index >= 15 is 0 Å². The standard InChI is InChI=1S/C16H22N2O/c1-12(2)18-16-7-8-19-11-15(16)9-13-5-3-4-6-14(13)10-17/h3-6,12,15-16,18H,7-9,11H2,1-2H3/t15-,16-/m0/s1. The number of benzene rings is 1. The van der Waals surface area contributed by atoms with E-state index in [1.807, 2.05) is 18.2 Å². The molecule has 0 unspecified atom stereocenters. The van der Waals surface area contributed by atoms with Crippen LogP contribution in [0.15, 0.2) is 24.3 Å². The summed E-state index contributed by atoms with van der Waals surface area (Å²) < 4.78 is 5.62. The van der Waals surface area contributed by atoms with E-state index in [0.717, 1.165) is 37.2 Å². The second kappa shape index (κ2) is 6.70. The summed E-state index contributed by atoms with van der Waals surface area (Å²) in [5.41, 5.74) is 1.92. The van der Waals surface area contributed by atoms with Crippen LogP contribution in [0.25, 0.3) is 0 Å². The van der Waals surface area contributed by atoms with Gasteiger partial charge in [-0.2, -0.15) is 5.26 Å². The Morgan fingerprint density at radius 3 is 2.95 bits per heavy atom. The molecule has 0 saturated carbocycles. The average Bonchev–Trinajstić information content (AvgIpc) is 2.41. The molecule has 1 N–H and O–H groups in total. The zero-order valence-corrected chi connectivity index (χ0v) is 11.7. The quantitative estimate of drug-likeness (QED) is 0.902. The van der Waals surface area contributed by atoms with E-state index < -0.39 is 0 Å². The maximum Gasteiger partial charge on any atom is 0.0994 e. The molecule has 0 amide bonds. The molecule has 0 spiro atoms. The van der Waals surface area contributed by atoms with Gasteiger partial charge in [-0.1, -0.05) is 32.0 Å². The summed E-state index contributed by atoms with van der Waals surface area (Å²) in [6.07, 6.45) is 1.96. The lowest BCUT2D eigenvalue weighted by Crippen LogP contribution is -2.46. The van der Waals surface area contributed by atoms with Crippen LogP contribution in [-0.4, -0.2) is 25.3 Å². The Labute approximate surface area is 115 Å². The van der Waals surface area contributed by atoms with Crippen molar-refractivity contribution < 1.29 is 4.74 Å². The Bertz CT molecular complexity index is 450. The van der Waals surface area contributed by atoms with Gasteiger partial charge in [0.25, 0.3) is 0 Å². The van der Waals surface area contributed by atoms with E-state index in [4.69, 9.17) is 10.00 Å². The molecule has 3 nitrogen and oxygen atoms in total. The lowest BCUT2D eigenvalue weighted by molar-refractivity contribution is 0.0300. The van der Waals surface area contributed by atoms with Crippen molar-refractivity contribution in [3.63, 3.8) is 0 Å². The first-order valence-electron chi connectivity index (χ1n) is 7.02. The van der Waals surface area contributed by atoms with Gasteiger partial charge in [-0.3, -0.25) is 0 Å². The molecule has 1 aliphatic heterocycles. The monoisotopic (exact) mass is 258 g/mol. The van der Waals surface area contributed by atoms with Crippen LogP contribution in [0.3, 0.4) is 0 Å². The summed E-state index contributed by atoms with van der Waals surface area (Å²) in [4.78, 5) is 0. The van der Waals surface area contributed by atoms with Crippen molar-refractivity contribution in [1.29, 1.82) is 5.26 Å². The van der Waals surface area contributed by atoms with Crippen molar-refractivity contribution in [2.75, 3.05) is 13.2 Å². The number of rotatable bonds is 4. The minimum absolute atomic E-state index is 0.450. The molecule has 1 aromatic carbocycles. The van der Waals surface area contributed by atoms with Crippen LogP contribution in [0.2, 0.25) is 0 Å². The van der Waals surface area contributed by atoms with Crippen LogP contribution < -0.4 is 5.32 Å². The fraction of sp³-hybridized carbons (Fsp3) is 0.562. The highest BCUT2D eigenvalue weighted by molar-refractivity contribution is 5.37. The lowest BCUT2D eigenvalue weighted by Gasteiger charge is -2.34. The van der Waals surface area contributed by atoms with Gasteiger partial charge in [0.2, 0.25) is 0 Å². The maximum atomic E-state index is 9.16. The van der Waals surface area contributed by atoms with Crippen LogP contribution in [0.5, 0.6) is 0 Å². The normalized spacial score (nSPS) is 23.3. The molecule has 0 aliphatic carbocycles. The molecule has 19 heavy (non-hydrogen) atoms. The SMILES string of the molecule is CC(C)N[C@H]1CCOC[C@@H]1Cc1ccccc1C#N. The van der Waals surface area contributed by atoms with Crippen molar-refractivity contribution in [2.24, 2.45) is 5.92 Å². The molecule has 0 bridgehead atoms. The third-order valence-electron chi connectivity index (χ3n) is 3.64. The molecular weight excluding hydrogens is 236 g/mol. The number of nitriles is 1. The summed E-state index contributed by atoms with van der Waals surface area (Å²) >= 11 is 0. The molecule has 0 radical (unpaired) electrons. The van der Waals surface area contributed by atoms with Gasteiger partial charge in [-0.25, -0.2) is 0 Å². The fourth-order valence-electron chi connectivity index (χ4n) is 2.74. The van der Waals surface area contributed by atoms with Gasteiger partial charge in [-0.15, -0.1) is 0 Å². The van der Waals surface area contributed by atoms with Gasteiger partial charge in [0.1, 0.15) is 0 Å². The van der Waals surface area contributed by atoms with E-state index in [-0.39, 0.29) is 0 Å². The molecule has 1 saturated heterocycles. The highest BCUT2D eigenvalue weighted by Gasteiger charge is 2.26. The van der Waals surface area contributed by atoms with E-state index in [2.05, 4.69) is 31.3 Å². The summed E-state index contributed by atoms with van der Waals surface area (Å²) in [5, 5.41) is 12.8. The Balaban J connectivity index is 2.09. The fourth-order valence-corrected chi connectivity index (χ4v) is 2.74. The first-order chi connectivity index (χ1) is 9.20. The van der Waals surface area contributed by atoms with Gasteiger partial charge < -0.3 is 10.1 Å². The predicted octanol–water partition coefficient (Wildman–Crippen LogP) is 2.50. The van der Waals surface area contributed by atoms with Gasteiger partial charge in [-0.05, 0) is 24.5 Å². The maximum absolute atomic E-state index is 9.16. The van der Waals surface area contributed by atoms with Gasteiger partial charge in [0.05, 0.1) is 18.2 Å². The van der Waals surface area contributed by atoms with Crippen LogP contribution in [-0.2, 0) is 11.2 Å². The van der Waals surface area contributed by atoms with E-state index in [9.17, 15) is 0 Å². The van der Waals surface area contributed by atoms with Crippen molar-refractivity contribution in [3.05, 3.63) is 35.4 Å². The highest BCUT2D eigenvalue weighted by Crippen LogP contribution is 2.22. The number of hydrogen-bond donors (Lipinski definition) is 1. The summed E-state index contributed by atoms with van der Waals surface area (Å²) in [6.45, 7) is 5.97. The number of hydrogen-bond acceptors (Lipinski definition) is 3. The Morgan fingerprint density at radius 2 is 2.21 bits per heavy atom. The first-order valence-corrected chi connectivity index (χ1v) is 7.02. The molecule has 102 valence electrons. The minimum Gasteiger partial charge on any atom is -0.381 e. The van der Waals surface area contributed by atoms with E-state index in [1.54, 1.807) is 0 Å². The average molecular weight is 258 g/mol. The first kappa shape index (κ1) is 14.0. The van der Waals surface area contributed by atoms with Crippen molar-refractivity contribution >= 4 is 0 Å². The lowest BCUT2D eigenvalue weighted by atomic mass is 9.87. The predicted molar refractivity (Wildman–Crippen MR) is 75.8 cm³/mol. The van der Waals surface area contributed by atoms with Crippen LogP contribution in [0.4, 0.5) is 0 Å². The number of ether oxygens (including phenoxy) is 1. The Kier molecular flexibility index (Phi) is 4.95. The smallest absolute Gasteiger partial charge is 0.0994 e. The Morgan fingerprint density at radius 1 is 1.42 bits per heavy atom. The van der Waals surface area contributed by atoms with E-state index in [1.165, 1.54) is 0 Å². The Hall–Kier alpha value is -1.37. The summed E-state index contributed by atoms with van der Waals surface area (Å²) in [7, 11) is 0. The molecular formula is C16H22N2O. The molecule has 1 heterocycles. The number of nitrogens with zero attached hydrogens (tertiary/aromatic N) is 1. The molecule has 2 atom stereocenters. The number of nitrogens with one attached hydrogen (secondary N) is 1. The molecule has 1 aliphatic rings. The van der Waals surface area contributed by atoms with Crippen LogP contribution in [0.1, 0.15) is 31.4 Å². The van der Waals surface area contributed by atoms with E-state index in [0.29, 0.717) is 18.0 Å². The zero-order valence-electron chi connectivity index (χ0n) is 11.7. The van der Waals surface area contributed by atoms with Gasteiger partial charge in [0.15, 0.2) is 0 Å². The molecule has 1 aromatic rings. The van der Waals surface area contributed by atoms with Crippen LogP contribution in [0, 0.1) is 17.2 Å². The van der Waals surface area contributed by atoms with Crippen molar-refractivity contribution in [1.82, 2.24) is 5.32 Å². The van der Waals surface area contributed by atoms with Crippen molar-refractivity contribution in [2.45, 2.75) is 38.8 Å². The molecule has 1 fully saturated rings. The molecule has 3 heteroatoms. The summed E-state index contributed by atoms with van der Waals surface area (Å²) in [5.74, 6) is 0.450. The largest absolute Gasteiger partial charge is 0.381 e. The highest BCUT2D eigenvalue weighted by atomic mass is 16.5. The molecule has 0 aromatic heterocycles. The topological polar surface area (TPSA) is 45.0 Å². The third-order valence-corrected chi connectivity index (χ3v) is 3.64. The van der Waals surface area contributed by atoms with Gasteiger partial charge in [0, 0.05) is 24.6 Å². The van der Waals surface area contributed by atoms with Gasteiger partial charge >= 0.3 is 0 Å². The summed E-state index contributed by atoms with van der Waals surface area (Å²) in [6, 6.07) is 11.1. The second-order valence-corrected chi connectivity index (χ2v) is 5.52. The minimum atomic E-state index is 0.450. The zero-order chi connectivity index (χ0) is 13.7. The van der Waals surface area contributed by atoms with Crippen molar-refractivity contribution in [3.8, 4) is 6.07 Å². The third kappa shape index (κ3) is 3.79. The molecule has 2 rings (SSSR count).